The lowest BCUT2D eigenvalue weighted by Crippen LogP contribution is -2.65. The molecule has 4 aliphatic rings. The molecule has 3 N–H and O–H groups in total. The largest absolute Gasteiger partial charge is 0.461 e. The Balaban J connectivity index is 1.16. The van der Waals surface area contributed by atoms with Crippen LogP contribution in [-0.2, 0) is 14.3 Å². The number of esters is 1. The zero-order valence-corrected chi connectivity index (χ0v) is 29.8. The number of ketones is 1. The zero-order valence-electron chi connectivity index (χ0n) is 29.8. The summed E-state index contributed by atoms with van der Waals surface area (Å²) in [5.41, 5.74) is -2.65. The van der Waals surface area contributed by atoms with Crippen molar-refractivity contribution < 1.29 is 29.6 Å². The maximum Gasteiger partial charge on any atom is 0.306 e. The third-order valence-electron chi connectivity index (χ3n) is 12.6. The molecule has 6 heteroatoms. The first-order valence-electron chi connectivity index (χ1n) is 19.1. The number of carbonyl (C=O) groups is 2. The number of rotatable bonds is 20. The van der Waals surface area contributed by atoms with Gasteiger partial charge in [-0.1, -0.05) is 143 Å². The molecule has 0 aliphatic heterocycles. The summed E-state index contributed by atoms with van der Waals surface area (Å²) < 4.78 is 5.64. The van der Waals surface area contributed by atoms with Crippen LogP contribution in [0.5, 0.6) is 0 Å². The average Bonchev–Trinajstić information content (AvgIpc) is 3.53. The molecule has 0 aromatic rings. The molecule has 0 radical (unpaired) electrons. The summed E-state index contributed by atoms with van der Waals surface area (Å²) in [7, 11) is 0. The summed E-state index contributed by atoms with van der Waals surface area (Å²) in [4.78, 5) is 27.0. The van der Waals surface area contributed by atoms with Gasteiger partial charge in [-0.05, 0) is 54.1 Å². The van der Waals surface area contributed by atoms with Gasteiger partial charge in [0.1, 0.15) is 24.4 Å². The molecular formula is C40H66O6. The van der Waals surface area contributed by atoms with Gasteiger partial charge in [-0.25, -0.2) is 0 Å². The van der Waals surface area contributed by atoms with E-state index < -0.39 is 29.1 Å². The molecule has 1 spiro atoms. The molecule has 6 nitrogen and oxygen atoms in total. The van der Waals surface area contributed by atoms with Gasteiger partial charge in [0.2, 0.25) is 0 Å². The molecule has 2 saturated carbocycles. The van der Waals surface area contributed by atoms with Crippen molar-refractivity contribution in [2.45, 2.75) is 174 Å². The van der Waals surface area contributed by atoms with Crippen LogP contribution in [-0.4, -0.2) is 51.5 Å². The lowest BCUT2D eigenvalue weighted by molar-refractivity contribution is -0.190. The second kappa shape index (κ2) is 16.3. The second-order valence-electron chi connectivity index (χ2n) is 16.2. The highest BCUT2D eigenvalue weighted by Crippen LogP contribution is 2.71. The molecule has 4 aliphatic carbocycles. The third kappa shape index (κ3) is 7.54. The first kappa shape index (κ1) is 37.3. The lowest BCUT2D eigenvalue weighted by atomic mass is 9.59. The average molecular weight is 643 g/mol. The molecular weight excluding hydrogens is 576 g/mol. The maximum absolute atomic E-state index is 14.3. The molecule has 0 heterocycles. The van der Waals surface area contributed by atoms with Gasteiger partial charge in [0.25, 0.3) is 0 Å². The van der Waals surface area contributed by atoms with Crippen LogP contribution in [0, 0.1) is 34.5 Å². The fourth-order valence-corrected chi connectivity index (χ4v) is 9.65. The molecule has 0 saturated heterocycles. The van der Waals surface area contributed by atoms with Gasteiger partial charge in [-0.3, -0.25) is 9.59 Å². The minimum atomic E-state index is -2.09. The molecule has 8 atom stereocenters. The monoisotopic (exact) mass is 642 g/mol. The van der Waals surface area contributed by atoms with Crippen LogP contribution in [0.4, 0.5) is 0 Å². The number of aliphatic hydroxyl groups excluding tert-OH is 2. The molecule has 262 valence electrons. The van der Waals surface area contributed by atoms with Crippen molar-refractivity contribution >= 4 is 11.8 Å². The predicted molar refractivity (Wildman–Crippen MR) is 184 cm³/mol. The Labute approximate surface area is 279 Å². The predicted octanol–water partition coefficient (Wildman–Crippen LogP) is 8.41. The van der Waals surface area contributed by atoms with Crippen molar-refractivity contribution in [1.82, 2.24) is 0 Å². The SMILES string of the molecule is CCCCCCCCCCCCCCCCCCCC(=O)OCC1=CC2C(=O)C3(C=C(C)C(O)C3(O)C1O)C(C)CC1C2C1(C)C. The van der Waals surface area contributed by atoms with Crippen molar-refractivity contribution in [1.29, 1.82) is 0 Å². The first-order chi connectivity index (χ1) is 21.9. The quantitative estimate of drug-likeness (QED) is 0.0700. The van der Waals surface area contributed by atoms with Gasteiger partial charge < -0.3 is 20.1 Å². The molecule has 46 heavy (non-hydrogen) atoms. The van der Waals surface area contributed by atoms with Crippen LogP contribution in [0.1, 0.15) is 157 Å². The minimum Gasteiger partial charge on any atom is -0.461 e. The van der Waals surface area contributed by atoms with E-state index in [1.807, 2.05) is 6.92 Å². The molecule has 2 bridgehead atoms. The Hall–Kier alpha value is -1.50. The number of carbonyl (C=O) groups excluding carboxylic acids is 2. The molecule has 2 fully saturated rings. The summed E-state index contributed by atoms with van der Waals surface area (Å²) in [5, 5.41) is 35.0. The van der Waals surface area contributed by atoms with Crippen LogP contribution in [0.15, 0.2) is 23.3 Å². The van der Waals surface area contributed by atoms with Crippen LogP contribution in [0.25, 0.3) is 0 Å². The van der Waals surface area contributed by atoms with Gasteiger partial charge in [0.05, 0.1) is 5.41 Å². The highest BCUT2D eigenvalue weighted by Gasteiger charge is 2.75. The van der Waals surface area contributed by atoms with E-state index in [2.05, 4.69) is 20.8 Å². The minimum absolute atomic E-state index is 0.0230. The molecule has 0 aromatic carbocycles. The Bertz CT molecular complexity index is 1090. The fraction of sp³-hybridized carbons (Fsp3) is 0.850. The molecule has 4 rings (SSSR count). The van der Waals surface area contributed by atoms with Crippen LogP contribution in [0.3, 0.4) is 0 Å². The van der Waals surface area contributed by atoms with Gasteiger partial charge in [-0.15, -0.1) is 0 Å². The first-order valence-corrected chi connectivity index (χ1v) is 19.1. The second-order valence-corrected chi connectivity index (χ2v) is 16.2. The fourth-order valence-electron chi connectivity index (χ4n) is 9.65. The lowest BCUT2D eigenvalue weighted by Gasteiger charge is -2.48. The van der Waals surface area contributed by atoms with Gasteiger partial charge in [0.15, 0.2) is 5.78 Å². The number of aliphatic hydroxyl groups is 3. The van der Waals surface area contributed by atoms with Gasteiger partial charge in [0, 0.05) is 12.3 Å². The summed E-state index contributed by atoms with van der Waals surface area (Å²) in [6.07, 6.45) is 23.5. The van der Waals surface area contributed by atoms with E-state index in [1.165, 1.54) is 89.9 Å². The Morgan fingerprint density at radius 1 is 0.848 bits per heavy atom. The number of hydrogen-bond acceptors (Lipinski definition) is 6. The summed E-state index contributed by atoms with van der Waals surface area (Å²) in [6.45, 7) is 10.1. The Kier molecular flexibility index (Phi) is 13.2. The highest BCUT2D eigenvalue weighted by molar-refractivity contribution is 5.95. The van der Waals surface area contributed by atoms with E-state index in [1.54, 1.807) is 19.1 Å². The molecule has 0 aromatic heterocycles. The topological polar surface area (TPSA) is 104 Å². The third-order valence-corrected chi connectivity index (χ3v) is 12.6. The molecule has 8 unspecified atom stereocenters. The van der Waals surface area contributed by atoms with Crippen LogP contribution >= 0.6 is 0 Å². The molecule has 0 amide bonds. The summed E-state index contributed by atoms with van der Waals surface area (Å²) in [5.74, 6) is -0.779. The van der Waals surface area contributed by atoms with Gasteiger partial charge in [-0.2, -0.15) is 0 Å². The smallest absolute Gasteiger partial charge is 0.306 e. The van der Waals surface area contributed by atoms with E-state index in [0.29, 0.717) is 23.5 Å². The maximum atomic E-state index is 14.3. The van der Waals surface area contributed by atoms with Crippen molar-refractivity contribution in [2.24, 2.45) is 34.5 Å². The van der Waals surface area contributed by atoms with E-state index in [-0.39, 0.29) is 35.6 Å². The van der Waals surface area contributed by atoms with Crippen molar-refractivity contribution in [3.8, 4) is 0 Å². The standard InChI is InChI=1S/C40H66O6/c1-6-7-8-9-10-11-12-13-14-15-16-17-18-19-20-21-22-23-33(41)46-27-30-25-31-34-32(38(34,4)5)24-29(3)39(37(31)44)26-28(2)35(42)40(39,45)36(30)43/h25-26,29,31-32,34-36,42-43,45H,6-24,27H2,1-5H3. The number of allylic oxidation sites excluding steroid dienone is 1. The number of Topliss-reactive ketones (excluding diaryl/α,β-unsaturated/α-hetero) is 1. The van der Waals surface area contributed by atoms with Crippen molar-refractivity contribution in [2.75, 3.05) is 6.61 Å². The summed E-state index contributed by atoms with van der Waals surface area (Å²) in [6, 6.07) is 0. The van der Waals surface area contributed by atoms with Crippen LogP contribution < -0.4 is 0 Å². The highest BCUT2D eigenvalue weighted by atomic mass is 16.5. The van der Waals surface area contributed by atoms with Crippen molar-refractivity contribution in [3.63, 3.8) is 0 Å². The normalized spacial score (nSPS) is 34.2. The zero-order chi connectivity index (χ0) is 33.5. The Morgan fingerprint density at radius 3 is 1.87 bits per heavy atom. The van der Waals surface area contributed by atoms with E-state index >= 15 is 0 Å². The van der Waals surface area contributed by atoms with E-state index in [0.717, 1.165) is 25.7 Å². The number of unbranched alkanes of at least 4 members (excludes halogenated alkanes) is 16. The van der Waals surface area contributed by atoms with E-state index in [4.69, 9.17) is 4.74 Å². The number of fused-ring (bicyclic) bond motifs is 3. The number of hydrogen-bond donors (Lipinski definition) is 3. The van der Waals surface area contributed by atoms with Crippen molar-refractivity contribution in [3.05, 3.63) is 23.3 Å². The van der Waals surface area contributed by atoms with E-state index in [9.17, 15) is 24.9 Å². The number of ether oxygens (including phenoxy) is 1. The van der Waals surface area contributed by atoms with Gasteiger partial charge >= 0.3 is 5.97 Å². The summed E-state index contributed by atoms with van der Waals surface area (Å²) >= 11 is 0. The Morgan fingerprint density at radius 2 is 1.35 bits per heavy atom. The van der Waals surface area contributed by atoms with Crippen LogP contribution in [0.2, 0.25) is 0 Å².